The summed E-state index contributed by atoms with van der Waals surface area (Å²) in [6, 6.07) is 0. The summed E-state index contributed by atoms with van der Waals surface area (Å²) in [4.78, 5) is 11.6. The van der Waals surface area contributed by atoms with E-state index in [1.807, 2.05) is 6.92 Å². The third-order valence-corrected chi connectivity index (χ3v) is 2.54. The summed E-state index contributed by atoms with van der Waals surface area (Å²) in [6.45, 7) is 6.25. The number of hydrogen-bond donors (Lipinski definition) is 0. The standard InChI is InChI=1S/C11H22O2/c1-5-8-10(12)11(13-4)9(6-2)7-3/h9,11H,5-8H2,1-4H3. The van der Waals surface area contributed by atoms with E-state index in [9.17, 15) is 4.79 Å². The predicted octanol–water partition coefficient (Wildman–Crippen LogP) is 2.81. The monoisotopic (exact) mass is 186 g/mol. The van der Waals surface area contributed by atoms with Crippen molar-refractivity contribution in [3.8, 4) is 0 Å². The number of ether oxygens (including phenoxy) is 1. The van der Waals surface area contributed by atoms with Gasteiger partial charge in [0.05, 0.1) is 0 Å². The first-order valence-electron chi connectivity index (χ1n) is 5.26. The third kappa shape index (κ3) is 3.90. The Balaban J connectivity index is 4.20. The summed E-state index contributed by atoms with van der Waals surface area (Å²) >= 11 is 0. The van der Waals surface area contributed by atoms with Crippen molar-refractivity contribution < 1.29 is 9.53 Å². The molecule has 1 unspecified atom stereocenters. The van der Waals surface area contributed by atoms with E-state index in [1.165, 1.54) is 0 Å². The van der Waals surface area contributed by atoms with E-state index in [2.05, 4.69) is 13.8 Å². The minimum absolute atomic E-state index is 0.171. The van der Waals surface area contributed by atoms with Gasteiger partial charge in [-0.2, -0.15) is 0 Å². The highest BCUT2D eigenvalue weighted by Gasteiger charge is 2.24. The lowest BCUT2D eigenvalue weighted by molar-refractivity contribution is -0.132. The number of carbonyl (C=O) groups excluding carboxylic acids is 1. The van der Waals surface area contributed by atoms with E-state index in [0.29, 0.717) is 12.3 Å². The molecule has 0 N–H and O–H groups in total. The van der Waals surface area contributed by atoms with Crippen molar-refractivity contribution in [1.82, 2.24) is 0 Å². The molecular weight excluding hydrogens is 164 g/mol. The Morgan fingerprint density at radius 1 is 1.23 bits per heavy atom. The minimum atomic E-state index is -0.171. The first-order chi connectivity index (χ1) is 6.21. The molecule has 0 fully saturated rings. The second-order valence-electron chi connectivity index (χ2n) is 3.45. The highest BCUT2D eigenvalue weighted by atomic mass is 16.5. The Morgan fingerprint density at radius 3 is 2.08 bits per heavy atom. The SMILES string of the molecule is CCCC(=O)C(OC)C(CC)CC. The van der Waals surface area contributed by atoms with Crippen molar-refractivity contribution in [2.24, 2.45) is 5.92 Å². The van der Waals surface area contributed by atoms with Crippen LogP contribution in [0.15, 0.2) is 0 Å². The van der Waals surface area contributed by atoms with E-state index in [0.717, 1.165) is 19.3 Å². The maximum absolute atomic E-state index is 11.6. The van der Waals surface area contributed by atoms with Gasteiger partial charge in [0.15, 0.2) is 5.78 Å². The number of rotatable bonds is 7. The number of Topliss-reactive ketones (excluding diaryl/α,β-unsaturated/α-hetero) is 1. The second-order valence-corrected chi connectivity index (χ2v) is 3.45. The van der Waals surface area contributed by atoms with Gasteiger partial charge in [-0.1, -0.05) is 33.6 Å². The smallest absolute Gasteiger partial charge is 0.161 e. The summed E-state index contributed by atoms with van der Waals surface area (Å²) in [5.74, 6) is 0.655. The molecule has 1 atom stereocenters. The topological polar surface area (TPSA) is 26.3 Å². The second kappa shape index (κ2) is 7.07. The van der Waals surface area contributed by atoms with Crippen molar-refractivity contribution >= 4 is 5.78 Å². The number of carbonyl (C=O) groups is 1. The van der Waals surface area contributed by atoms with Crippen molar-refractivity contribution in [2.45, 2.75) is 52.6 Å². The molecule has 0 amide bonds. The minimum Gasteiger partial charge on any atom is -0.373 e. The van der Waals surface area contributed by atoms with Crippen LogP contribution in [0.5, 0.6) is 0 Å². The molecule has 0 radical (unpaired) electrons. The molecule has 0 aromatic carbocycles. The zero-order chi connectivity index (χ0) is 10.3. The van der Waals surface area contributed by atoms with Gasteiger partial charge in [0.25, 0.3) is 0 Å². The molecule has 0 aromatic rings. The normalized spacial score (nSPS) is 13.3. The lowest BCUT2D eigenvalue weighted by atomic mass is 9.92. The van der Waals surface area contributed by atoms with Gasteiger partial charge >= 0.3 is 0 Å². The summed E-state index contributed by atoms with van der Waals surface area (Å²) in [6.07, 6.45) is 3.43. The van der Waals surface area contributed by atoms with Crippen LogP contribution in [-0.4, -0.2) is 19.0 Å². The number of methoxy groups -OCH3 is 1. The molecule has 2 nitrogen and oxygen atoms in total. The average molecular weight is 186 g/mol. The van der Waals surface area contributed by atoms with Gasteiger partial charge in [-0.15, -0.1) is 0 Å². The fourth-order valence-electron chi connectivity index (χ4n) is 1.69. The Hall–Kier alpha value is -0.370. The molecule has 0 aliphatic rings. The van der Waals surface area contributed by atoms with Gasteiger partial charge in [-0.3, -0.25) is 4.79 Å². The van der Waals surface area contributed by atoms with Gasteiger partial charge in [0.2, 0.25) is 0 Å². The van der Waals surface area contributed by atoms with Crippen molar-refractivity contribution in [2.75, 3.05) is 7.11 Å². The highest BCUT2D eigenvalue weighted by Crippen LogP contribution is 2.18. The summed E-state index contributed by atoms with van der Waals surface area (Å²) in [7, 11) is 1.64. The summed E-state index contributed by atoms with van der Waals surface area (Å²) in [5, 5.41) is 0. The molecule has 2 heteroatoms. The van der Waals surface area contributed by atoms with E-state index in [-0.39, 0.29) is 11.9 Å². The average Bonchev–Trinajstić information content (AvgIpc) is 2.14. The molecule has 0 aliphatic carbocycles. The summed E-state index contributed by atoms with van der Waals surface area (Å²) < 4.78 is 5.26. The van der Waals surface area contributed by atoms with Gasteiger partial charge in [-0.05, 0) is 12.3 Å². The molecule has 13 heavy (non-hydrogen) atoms. The predicted molar refractivity (Wildman–Crippen MR) is 54.8 cm³/mol. The molecule has 0 saturated carbocycles. The molecule has 78 valence electrons. The van der Waals surface area contributed by atoms with Crippen molar-refractivity contribution in [3.63, 3.8) is 0 Å². The molecule has 0 aromatic heterocycles. The zero-order valence-electron chi connectivity index (χ0n) is 9.30. The molecule has 0 rings (SSSR count). The lowest BCUT2D eigenvalue weighted by Crippen LogP contribution is -2.30. The van der Waals surface area contributed by atoms with Crippen LogP contribution in [-0.2, 0) is 9.53 Å². The first-order valence-corrected chi connectivity index (χ1v) is 5.26. The summed E-state index contributed by atoms with van der Waals surface area (Å²) in [5.41, 5.74) is 0. The Labute approximate surface area is 81.7 Å². The van der Waals surface area contributed by atoms with Crippen LogP contribution in [0.3, 0.4) is 0 Å². The maximum Gasteiger partial charge on any atom is 0.161 e. The van der Waals surface area contributed by atoms with E-state index in [1.54, 1.807) is 7.11 Å². The van der Waals surface area contributed by atoms with Crippen LogP contribution >= 0.6 is 0 Å². The van der Waals surface area contributed by atoms with Crippen molar-refractivity contribution in [3.05, 3.63) is 0 Å². The van der Waals surface area contributed by atoms with Crippen LogP contribution in [0, 0.1) is 5.92 Å². The van der Waals surface area contributed by atoms with Gasteiger partial charge in [0.1, 0.15) is 6.10 Å². The Bertz CT molecular complexity index is 139. The van der Waals surface area contributed by atoms with Crippen LogP contribution in [0.1, 0.15) is 46.5 Å². The molecule has 0 heterocycles. The Kier molecular flexibility index (Phi) is 6.87. The maximum atomic E-state index is 11.6. The van der Waals surface area contributed by atoms with Crippen LogP contribution in [0.2, 0.25) is 0 Å². The third-order valence-electron chi connectivity index (χ3n) is 2.54. The molecule has 0 spiro atoms. The number of hydrogen-bond acceptors (Lipinski definition) is 2. The molecule has 0 aliphatic heterocycles. The number of ketones is 1. The van der Waals surface area contributed by atoms with Gasteiger partial charge < -0.3 is 4.74 Å². The zero-order valence-corrected chi connectivity index (χ0v) is 9.30. The van der Waals surface area contributed by atoms with Crippen LogP contribution in [0.4, 0.5) is 0 Å². The first kappa shape index (κ1) is 12.6. The largest absolute Gasteiger partial charge is 0.373 e. The van der Waals surface area contributed by atoms with E-state index < -0.39 is 0 Å². The molecular formula is C11H22O2. The quantitative estimate of drug-likeness (QED) is 0.611. The van der Waals surface area contributed by atoms with E-state index >= 15 is 0 Å². The van der Waals surface area contributed by atoms with Gasteiger partial charge in [-0.25, -0.2) is 0 Å². The molecule has 0 saturated heterocycles. The fourth-order valence-corrected chi connectivity index (χ4v) is 1.69. The molecule has 0 bridgehead atoms. The Morgan fingerprint density at radius 2 is 1.77 bits per heavy atom. The lowest BCUT2D eigenvalue weighted by Gasteiger charge is -2.22. The van der Waals surface area contributed by atoms with E-state index in [4.69, 9.17) is 4.74 Å². The fraction of sp³-hybridized carbons (Fsp3) is 0.909. The van der Waals surface area contributed by atoms with Crippen LogP contribution in [0.25, 0.3) is 0 Å². The van der Waals surface area contributed by atoms with Crippen LogP contribution < -0.4 is 0 Å². The van der Waals surface area contributed by atoms with Gasteiger partial charge in [0, 0.05) is 13.5 Å². The van der Waals surface area contributed by atoms with Crippen molar-refractivity contribution in [1.29, 1.82) is 0 Å². The highest BCUT2D eigenvalue weighted by molar-refractivity contribution is 5.83.